The Morgan fingerprint density at radius 1 is 1.26 bits per heavy atom. The first kappa shape index (κ1) is 37.4. The number of rotatable bonds is 11. The van der Waals surface area contributed by atoms with Crippen LogP contribution in [0.4, 0.5) is 11.4 Å². The maximum atomic E-state index is 10.6. The van der Waals surface area contributed by atoms with Crippen molar-refractivity contribution in [3.63, 3.8) is 0 Å². The topological polar surface area (TPSA) is 104 Å². The molecule has 0 amide bonds. The quantitative estimate of drug-likeness (QED) is 0.105. The third-order valence-corrected chi connectivity index (χ3v) is 6.76. The number of nitrogens with zero attached hydrogens (tertiary/aromatic N) is 2. The van der Waals surface area contributed by atoms with Gasteiger partial charge in [0.15, 0.2) is 0 Å². The van der Waals surface area contributed by atoms with E-state index in [0.717, 1.165) is 34.1 Å². The van der Waals surface area contributed by atoms with Crippen molar-refractivity contribution in [3.05, 3.63) is 59.9 Å². The van der Waals surface area contributed by atoms with Gasteiger partial charge in [-0.25, -0.2) is 10.4 Å². The van der Waals surface area contributed by atoms with Crippen molar-refractivity contribution >= 4 is 29.0 Å². The van der Waals surface area contributed by atoms with E-state index < -0.39 is 0 Å². The first-order valence-electron chi connectivity index (χ1n) is 13.8. The Morgan fingerprint density at radius 2 is 1.95 bits per heavy atom. The van der Waals surface area contributed by atoms with E-state index in [1.807, 2.05) is 76.7 Å². The van der Waals surface area contributed by atoms with E-state index in [0.29, 0.717) is 30.4 Å². The molecule has 7 nitrogen and oxygen atoms in total. The van der Waals surface area contributed by atoms with Crippen molar-refractivity contribution in [1.82, 2.24) is 10.4 Å². The largest absolute Gasteiger partial charge is 2.00 e. The number of aromatic nitrogens is 1. The molecule has 39 heavy (non-hydrogen) atoms. The second-order valence-corrected chi connectivity index (χ2v) is 10.1. The Hall–Kier alpha value is -1.63. The van der Waals surface area contributed by atoms with Crippen molar-refractivity contribution in [1.29, 1.82) is 0 Å². The minimum atomic E-state index is 0. The average Bonchev–Trinajstić information content (AvgIpc) is 3.41. The molecule has 0 atom stereocenters. The molecule has 5 N–H and O–H groups in total. The van der Waals surface area contributed by atoms with Gasteiger partial charge in [0.2, 0.25) is 0 Å². The Kier molecular flexibility index (Phi) is 22.1. The van der Waals surface area contributed by atoms with Gasteiger partial charge in [0.1, 0.15) is 5.82 Å². The number of carbonyl (C=O) groups excluding carboxylic acids is 1. The van der Waals surface area contributed by atoms with Crippen LogP contribution in [0.25, 0.3) is 10.4 Å². The normalized spacial score (nSPS) is 13.4. The zero-order valence-corrected chi connectivity index (χ0v) is 29.3. The molecule has 0 radical (unpaired) electrons. The minimum Gasteiger partial charge on any atom is -0.542 e. The van der Waals surface area contributed by atoms with E-state index in [2.05, 4.69) is 17.7 Å². The Bertz CT molecular complexity index is 974. The van der Waals surface area contributed by atoms with Gasteiger partial charge in [-0.3, -0.25) is 11.5 Å². The molecule has 2 aromatic rings. The zero-order valence-electron chi connectivity index (χ0n) is 24.3. The molecular weight excluding hydrogens is 732 g/mol. The summed E-state index contributed by atoms with van der Waals surface area (Å²) in [6, 6.07) is 5.87. The number of thiazole rings is 1. The molecule has 0 bridgehead atoms. The van der Waals surface area contributed by atoms with Crippen molar-refractivity contribution in [3.8, 4) is 10.4 Å². The third-order valence-electron chi connectivity index (χ3n) is 5.57. The summed E-state index contributed by atoms with van der Waals surface area (Å²) < 4.78 is 0. The van der Waals surface area contributed by atoms with Crippen LogP contribution in [0.15, 0.2) is 48.4 Å². The molecular formula is C30H47N5O2SU. The van der Waals surface area contributed by atoms with Gasteiger partial charge in [-0.2, -0.15) is 25.4 Å². The molecule has 1 aliphatic rings. The third kappa shape index (κ3) is 14.5. The van der Waals surface area contributed by atoms with Crippen LogP contribution in [0.5, 0.6) is 0 Å². The van der Waals surface area contributed by atoms with Gasteiger partial charge in [-0.15, -0.1) is 11.3 Å². The molecule has 0 unspecified atom stereocenters. The number of nitrogens with two attached hydrogens (primary N) is 1. The minimum absolute atomic E-state index is 0. The van der Waals surface area contributed by atoms with E-state index >= 15 is 0 Å². The van der Waals surface area contributed by atoms with Gasteiger partial charge in [-0.05, 0) is 43.5 Å². The predicted molar refractivity (Wildman–Crippen MR) is 163 cm³/mol. The molecule has 0 saturated heterocycles. The fourth-order valence-electron chi connectivity index (χ4n) is 3.80. The molecule has 0 spiro atoms. The molecule has 214 valence electrons. The van der Waals surface area contributed by atoms with Gasteiger partial charge in [-0.1, -0.05) is 58.6 Å². The van der Waals surface area contributed by atoms with E-state index in [-0.39, 0.29) is 31.1 Å². The summed E-state index contributed by atoms with van der Waals surface area (Å²) in [5.41, 5.74) is 11.4. The summed E-state index contributed by atoms with van der Waals surface area (Å²) in [5.74, 6) is 1.12. The Balaban J connectivity index is 0.00000142. The number of hydrazine groups is 1. The summed E-state index contributed by atoms with van der Waals surface area (Å²) in [7, 11) is 0. The summed E-state index contributed by atoms with van der Waals surface area (Å²) in [4.78, 5) is 15.1. The molecule has 0 aliphatic heterocycles. The van der Waals surface area contributed by atoms with Crippen LogP contribution in [0.1, 0.15) is 96.9 Å². The van der Waals surface area contributed by atoms with Crippen molar-refractivity contribution in [2.75, 3.05) is 17.0 Å². The Morgan fingerprint density at radius 3 is 2.51 bits per heavy atom. The number of nitrogens with one attached hydrogen (secondary N) is 2. The molecule has 1 aliphatic carbocycles. The fraction of sp³-hybridized carbons (Fsp3) is 0.500. The summed E-state index contributed by atoms with van der Waals surface area (Å²) in [6.07, 6.45) is 20.3. The second kappa shape index (κ2) is 23.1. The van der Waals surface area contributed by atoms with Crippen LogP contribution in [-0.4, -0.2) is 23.0 Å². The number of hydrogen-bond donors (Lipinski definition) is 4. The molecule has 1 saturated carbocycles. The summed E-state index contributed by atoms with van der Waals surface area (Å²) >= 11 is 1.73. The first-order valence-corrected chi connectivity index (χ1v) is 14.6. The average molecular weight is 780 g/mol. The van der Waals surface area contributed by atoms with Gasteiger partial charge in [0.05, 0.1) is 15.6 Å². The predicted octanol–water partition coefficient (Wildman–Crippen LogP) is 7.88. The van der Waals surface area contributed by atoms with Gasteiger partial charge in [0.25, 0.3) is 0 Å². The number of unbranched alkanes of at least 4 members (excludes halogenated alkanes) is 1. The van der Waals surface area contributed by atoms with Crippen molar-refractivity contribution in [2.45, 2.75) is 91.9 Å². The fourth-order valence-corrected chi connectivity index (χ4v) is 4.92. The Labute approximate surface area is 264 Å². The molecule has 9 heteroatoms. The van der Waals surface area contributed by atoms with Gasteiger partial charge in [0, 0.05) is 29.9 Å². The molecule has 3 rings (SSSR count). The smallest absolute Gasteiger partial charge is 0.542 e. The number of anilines is 2. The number of hydrogen-bond acceptors (Lipinski definition) is 8. The van der Waals surface area contributed by atoms with Crippen LogP contribution in [0.2, 0.25) is 0 Å². The van der Waals surface area contributed by atoms with Crippen LogP contribution in [0, 0.1) is 37.5 Å². The summed E-state index contributed by atoms with van der Waals surface area (Å²) in [5, 5.41) is 16.0. The van der Waals surface area contributed by atoms with E-state index in [9.17, 15) is 10.0 Å². The summed E-state index contributed by atoms with van der Waals surface area (Å²) in [6.45, 7) is 10.6. The zero-order chi connectivity index (χ0) is 28.2. The monoisotopic (exact) mass is 779 g/mol. The van der Waals surface area contributed by atoms with Crippen LogP contribution in [-0.2, 0) is 4.79 Å². The van der Waals surface area contributed by atoms with Crippen molar-refractivity contribution < 1.29 is 41.1 Å². The van der Waals surface area contributed by atoms with Crippen molar-refractivity contribution in [2.24, 2.45) is 5.73 Å². The maximum absolute atomic E-state index is 10.6. The van der Waals surface area contributed by atoms with Crippen LogP contribution in [0.3, 0.4) is 0 Å². The molecule has 1 fully saturated rings. The molecule has 1 aromatic carbocycles. The first-order chi connectivity index (χ1) is 18.4. The SMILES string of the molecule is CC/C=C/C=C(\N)Nc1ccc(-c2cnc(C3CCCCC3)s2)c(N(O)NCC)c1.CCC[C-]=O.C[CH-]C.[U+2]. The van der Waals surface area contributed by atoms with Gasteiger partial charge >= 0.3 is 31.1 Å². The van der Waals surface area contributed by atoms with E-state index in [4.69, 9.17) is 10.7 Å². The van der Waals surface area contributed by atoms with E-state index in [1.165, 1.54) is 37.1 Å². The van der Waals surface area contributed by atoms with Crippen LogP contribution >= 0.6 is 11.3 Å². The number of allylic oxidation sites excluding steroid dienone is 3. The standard InChI is InChI=1S/C23H33N5OS.C4H7O.C3H7.U/c1-3-5-7-12-22(24)27-18-13-14-19(20(15-18)28(29)26-4-2)21-16-25-23(30-21)17-10-8-6-9-11-17;1-2-3-4-5;1-3-2;/h5,7,12-17,26-27,29H,3-4,6,8-11,24H2,1-2H3;2-3H2,1H3;3H,1-2H3;/q;2*-1;+2/b7-5+,22-12+;;;. The number of benzene rings is 1. The van der Waals surface area contributed by atoms with E-state index in [1.54, 1.807) is 17.6 Å². The van der Waals surface area contributed by atoms with Crippen LogP contribution < -0.4 is 21.6 Å². The molecule has 1 aromatic heterocycles. The molecule has 1 heterocycles. The second-order valence-electron chi connectivity index (χ2n) is 9.01. The van der Waals surface area contributed by atoms with Gasteiger partial charge < -0.3 is 22.3 Å². The maximum Gasteiger partial charge on any atom is 2.00 e.